The number of carbonyl (C=O) groups is 2. The molecular formula is C64H112N4O2S2. The van der Waals surface area contributed by atoms with Gasteiger partial charge in [-0.05, 0) is 104 Å². The first kappa shape index (κ1) is 79.1. The molecule has 4 aromatic carbocycles. The minimum absolute atomic E-state index is 0. The molecule has 8 rings (SSSR count). The second-order valence-corrected chi connectivity index (χ2v) is 16.0. The van der Waals surface area contributed by atoms with E-state index in [-0.39, 0.29) is 19.0 Å². The number of thiophene rings is 2. The van der Waals surface area contributed by atoms with Crippen LogP contribution in [-0.2, 0) is 9.59 Å². The Balaban J connectivity index is -0.000000180. The van der Waals surface area contributed by atoms with Crippen LogP contribution in [0.15, 0.2) is 120 Å². The Morgan fingerprint density at radius 1 is 0.472 bits per heavy atom. The first-order valence-electron chi connectivity index (χ1n) is 27.6. The lowest BCUT2D eigenvalue weighted by Gasteiger charge is -2.36. The third-order valence-electron chi connectivity index (χ3n) is 9.33. The molecular weight excluding hydrogens is 921 g/mol. The number of carbonyl (C=O) groups excluding carboxylic acids is 2. The molecule has 8 heteroatoms. The van der Waals surface area contributed by atoms with Crippen LogP contribution in [0, 0.1) is 13.8 Å². The number of rotatable bonds is 7. The molecule has 6 aromatic rings. The van der Waals surface area contributed by atoms with Gasteiger partial charge >= 0.3 is 0 Å². The van der Waals surface area contributed by atoms with Gasteiger partial charge in [-0.1, -0.05) is 197 Å². The normalized spacial score (nSPS) is 11.3. The molecule has 0 unspecified atom stereocenters. The van der Waals surface area contributed by atoms with Gasteiger partial charge in [0.05, 0.1) is 0 Å². The lowest BCUT2D eigenvalue weighted by atomic mass is 10.2. The van der Waals surface area contributed by atoms with Crippen molar-refractivity contribution in [3.8, 4) is 0 Å². The van der Waals surface area contributed by atoms with Crippen molar-refractivity contribution >= 4 is 65.8 Å². The molecule has 2 saturated heterocycles. The molecule has 72 heavy (non-hydrogen) atoms. The number of para-hydroxylation sites is 2. The Morgan fingerprint density at radius 3 is 1.14 bits per heavy atom. The van der Waals surface area contributed by atoms with Crippen molar-refractivity contribution in [1.82, 2.24) is 10.2 Å². The van der Waals surface area contributed by atoms with Crippen molar-refractivity contribution in [2.75, 3.05) is 68.7 Å². The lowest BCUT2D eigenvalue weighted by molar-refractivity contribution is -0.118. The van der Waals surface area contributed by atoms with Crippen molar-refractivity contribution in [3.05, 3.63) is 131 Å². The third kappa shape index (κ3) is 39.2. The number of benzene rings is 4. The van der Waals surface area contributed by atoms with Gasteiger partial charge in [0.1, 0.15) is 11.6 Å². The first-order valence-corrected chi connectivity index (χ1v) is 29.4. The van der Waals surface area contributed by atoms with E-state index in [0.29, 0.717) is 6.42 Å². The zero-order valence-corrected chi connectivity index (χ0v) is 51.1. The minimum atomic E-state index is 0. The van der Waals surface area contributed by atoms with Gasteiger partial charge in [0.25, 0.3) is 0 Å². The molecule has 2 aromatic heterocycles. The molecule has 0 bridgehead atoms. The number of nitrogens with one attached hydrogen (secondary N) is 1. The van der Waals surface area contributed by atoms with E-state index in [2.05, 4.69) is 148 Å². The number of piperazine rings is 2. The molecule has 1 N–H and O–H groups in total. The molecule has 2 aliphatic heterocycles. The Hall–Kier alpha value is -4.34. The fraction of sp³-hybridized carbons (Fsp3) is 0.531. The van der Waals surface area contributed by atoms with Gasteiger partial charge in [0, 0.05) is 92.5 Å². The van der Waals surface area contributed by atoms with Crippen molar-refractivity contribution in [2.45, 2.75) is 172 Å². The molecule has 2 aliphatic rings. The summed E-state index contributed by atoms with van der Waals surface area (Å²) >= 11 is 3.59. The summed E-state index contributed by atoms with van der Waals surface area (Å²) in [6, 6.07) is 38.5. The average Bonchev–Trinajstić information content (AvgIpc) is 4.14. The van der Waals surface area contributed by atoms with E-state index in [1.165, 1.54) is 42.7 Å². The van der Waals surface area contributed by atoms with Crippen molar-refractivity contribution in [1.29, 1.82) is 0 Å². The molecule has 4 heterocycles. The van der Waals surface area contributed by atoms with Crippen molar-refractivity contribution in [3.63, 3.8) is 0 Å². The summed E-state index contributed by atoms with van der Waals surface area (Å²) in [7, 11) is 0. The third-order valence-corrected chi connectivity index (χ3v) is 11.1. The largest absolute Gasteiger partial charge is 0.369 e. The number of hydrogen-bond donors (Lipinski definition) is 1. The number of nitrogens with zero attached hydrogens (tertiary/aromatic N) is 3. The summed E-state index contributed by atoms with van der Waals surface area (Å²) in [5, 5.41) is 10.3. The zero-order chi connectivity index (χ0) is 55.3. The summed E-state index contributed by atoms with van der Waals surface area (Å²) < 4.78 is 2.76. The monoisotopic (exact) mass is 1030 g/mol. The van der Waals surface area contributed by atoms with Crippen LogP contribution in [0.2, 0.25) is 0 Å². The number of hydrogen-bond acceptors (Lipinski definition) is 8. The van der Waals surface area contributed by atoms with Crippen LogP contribution in [0.3, 0.4) is 0 Å². The molecule has 412 valence electrons. The molecule has 6 nitrogen and oxygen atoms in total. The molecule has 0 spiro atoms. The summed E-state index contributed by atoms with van der Waals surface area (Å²) in [4.78, 5) is 28.2. The highest BCUT2D eigenvalue weighted by Crippen LogP contribution is 2.22. The van der Waals surface area contributed by atoms with Crippen LogP contribution in [0.25, 0.3) is 20.2 Å². The quantitative estimate of drug-likeness (QED) is 0.172. The second-order valence-electron chi connectivity index (χ2n) is 14.1. The maximum absolute atomic E-state index is 10.9. The predicted octanol–water partition coefficient (Wildman–Crippen LogP) is 19.5. The predicted molar refractivity (Wildman–Crippen MR) is 338 cm³/mol. The van der Waals surface area contributed by atoms with E-state index in [1.54, 1.807) is 36.5 Å². The molecule has 0 radical (unpaired) electrons. The Kier molecular flexibility index (Phi) is 65.0. The van der Waals surface area contributed by atoms with E-state index in [9.17, 15) is 9.59 Å². The first-order chi connectivity index (χ1) is 34.7. The fourth-order valence-corrected chi connectivity index (χ4v) is 7.81. The Morgan fingerprint density at radius 2 is 0.819 bits per heavy atom. The average molecular weight is 1030 g/mol. The highest BCUT2D eigenvalue weighted by atomic mass is 32.1. The van der Waals surface area contributed by atoms with Gasteiger partial charge in [-0.3, -0.25) is 9.69 Å². The Bertz CT molecular complexity index is 1890. The van der Waals surface area contributed by atoms with Gasteiger partial charge in [-0.15, -0.1) is 22.7 Å². The molecule has 0 aliphatic carbocycles. The maximum atomic E-state index is 10.9. The Labute approximate surface area is 455 Å². The zero-order valence-electron chi connectivity index (χ0n) is 49.5. The van der Waals surface area contributed by atoms with Gasteiger partial charge in [-0.2, -0.15) is 0 Å². The molecule has 2 fully saturated rings. The topological polar surface area (TPSA) is 55.9 Å². The number of Topliss-reactive ketones (excluding diaryl/α,β-unsaturated/α-hetero) is 2. The highest BCUT2D eigenvalue weighted by molar-refractivity contribution is 7.17. The maximum Gasteiger partial charge on any atom is 0.131 e. The number of fused-ring (bicyclic) bond motifs is 2. The van der Waals surface area contributed by atoms with Crippen LogP contribution in [0.1, 0.15) is 169 Å². The molecule has 0 atom stereocenters. The highest BCUT2D eigenvalue weighted by Gasteiger charge is 2.17. The van der Waals surface area contributed by atoms with Gasteiger partial charge in [0.2, 0.25) is 0 Å². The SMILES string of the molecule is C.CC.CC.CC.CC.CC.CC.CC.CC.CC(=O)CCN1CCN(c2ccccc2)CC1.CCCC(C)=O.Cc1ccc2sccc2c1.Cc1ccc2sccc2c1.c1ccc(N2CCNCC2)cc1. The number of aryl methyl sites for hydroxylation is 2. The van der Waals surface area contributed by atoms with Gasteiger partial charge in [-0.25, -0.2) is 0 Å². The van der Waals surface area contributed by atoms with E-state index < -0.39 is 0 Å². The van der Waals surface area contributed by atoms with Crippen LogP contribution < -0.4 is 15.1 Å². The standard InChI is InChI=1S/C14H20N2O.C10H14N2.2C9H8S.C5H10O.8C2H6.CH4/c1-13(17)7-8-15-9-11-16(12-10-15)14-5-3-2-4-6-14;1-2-4-10(5-3-1)12-8-6-11-7-9-12;2*1-7-2-3-9-8(6-7)4-5-10-9;1-3-4-5(2)6;8*1-2;/h2-6H,7-12H2,1H3;1-5,11H,6-9H2;2*2-6H,1H3;3-4H2,1-2H3;8*1-2H3;1H4. The molecule has 0 amide bonds. The van der Waals surface area contributed by atoms with E-state index in [4.69, 9.17) is 0 Å². The summed E-state index contributed by atoms with van der Waals surface area (Å²) in [5.41, 5.74) is 5.33. The number of anilines is 2. The summed E-state index contributed by atoms with van der Waals surface area (Å²) in [6.07, 6.45) is 2.40. The van der Waals surface area contributed by atoms with Crippen molar-refractivity contribution in [2.24, 2.45) is 0 Å². The van der Waals surface area contributed by atoms with Gasteiger partial charge in [0.15, 0.2) is 0 Å². The smallest absolute Gasteiger partial charge is 0.131 e. The van der Waals surface area contributed by atoms with E-state index >= 15 is 0 Å². The summed E-state index contributed by atoms with van der Waals surface area (Å²) in [6.45, 7) is 51.1. The van der Waals surface area contributed by atoms with Gasteiger partial charge < -0.3 is 19.9 Å². The molecule has 0 saturated carbocycles. The summed E-state index contributed by atoms with van der Waals surface area (Å²) in [5.74, 6) is 0.577. The fourth-order valence-electron chi connectivity index (χ4n) is 6.27. The lowest BCUT2D eigenvalue weighted by Crippen LogP contribution is -2.46. The van der Waals surface area contributed by atoms with Crippen LogP contribution in [-0.4, -0.2) is 75.4 Å². The van der Waals surface area contributed by atoms with Crippen LogP contribution in [0.4, 0.5) is 11.4 Å². The van der Waals surface area contributed by atoms with Crippen molar-refractivity contribution < 1.29 is 9.59 Å². The van der Waals surface area contributed by atoms with Crippen LogP contribution in [0.5, 0.6) is 0 Å². The minimum Gasteiger partial charge on any atom is -0.369 e. The van der Waals surface area contributed by atoms with E-state index in [0.717, 1.165) is 71.7 Å². The van der Waals surface area contributed by atoms with Crippen LogP contribution >= 0.6 is 22.7 Å². The number of ketones is 2. The second kappa shape index (κ2) is 59.2. The van der Waals surface area contributed by atoms with E-state index in [1.807, 2.05) is 124 Å².